The number of hydrogen-bond donors (Lipinski definition) is 2. The van der Waals surface area contributed by atoms with Gasteiger partial charge in [-0.15, -0.1) is 0 Å². The molecule has 1 amide bonds. The zero-order chi connectivity index (χ0) is 14.2. The van der Waals surface area contributed by atoms with E-state index in [4.69, 9.17) is 5.73 Å². The molecule has 0 fully saturated rings. The quantitative estimate of drug-likeness (QED) is 0.794. The number of nitrogens with zero attached hydrogens (tertiary/aromatic N) is 2. The molecular formula is C15H16N4O. The van der Waals surface area contributed by atoms with Crippen LogP contribution in [0.4, 0.5) is 0 Å². The van der Waals surface area contributed by atoms with Gasteiger partial charge >= 0.3 is 0 Å². The molecule has 0 spiro atoms. The molecule has 0 aliphatic carbocycles. The van der Waals surface area contributed by atoms with Crippen molar-refractivity contribution in [3.8, 4) is 11.8 Å². The van der Waals surface area contributed by atoms with E-state index in [9.17, 15) is 4.79 Å². The van der Waals surface area contributed by atoms with Gasteiger partial charge in [-0.2, -0.15) is 5.10 Å². The predicted octanol–water partition coefficient (Wildman–Crippen LogP) is 0.510. The van der Waals surface area contributed by atoms with Crippen molar-refractivity contribution in [3.63, 3.8) is 0 Å². The number of amides is 1. The van der Waals surface area contributed by atoms with E-state index in [1.807, 2.05) is 24.3 Å². The van der Waals surface area contributed by atoms with Crippen molar-refractivity contribution >= 4 is 5.91 Å². The first-order valence-electron chi connectivity index (χ1n) is 6.30. The molecule has 0 saturated carbocycles. The highest BCUT2D eigenvalue weighted by Crippen LogP contribution is 2.03. The maximum absolute atomic E-state index is 11.7. The van der Waals surface area contributed by atoms with Gasteiger partial charge in [-0.25, -0.2) is 0 Å². The molecule has 0 radical (unpaired) electrons. The Morgan fingerprint density at radius 1 is 1.40 bits per heavy atom. The summed E-state index contributed by atoms with van der Waals surface area (Å²) in [5.41, 5.74) is 7.24. The number of hydrogen-bond acceptors (Lipinski definition) is 3. The van der Waals surface area contributed by atoms with E-state index in [-0.39, 0.29) is 12.5 Å². The molecule has 0 bridgehead atoms. The van der Waals surface area contributed by atoms with Crippen LogP contribution in [-0.4, -0.2) is 22.2 Å². The number of carbonyl (C=O) groups is 1. The molecule has 0 atom stereocenters. The van der Waals surface area contributed by atoms with E-state index >= 15 is 0 Å². The van der Waals surface area contributed by atoms with Crippen LogP contribution in [0.1, 0.15) is 11.1 Å². The molecular weight excluding hydrogens is 252 g/mol. The van der Waals surface area contributed by atoms with Gasteiger partial charge in [-0.05, 0) is 23.8 Å². The lowest BCUT2D eigenvalue weighted by Crippen LogP contribution is -2.27. The van der Waals surface area contributed by atoms with Gasteiger partial charge in [0.05, 0.1) is 6.54 Å². The largest absolute Gasteiger partial charge is 0.350 e. The number of nitrogens with one attached hydrogen (secondary N) is 1. The lowest BCUT2D eigenvalue weighted by atomic mass is 10.1. The van der Waals surface area contributed by atoms with Crippen LogP contribution in [-0.2, 0) is 17.9 Å². The van der Waals surface area contributed by atoms with Gasteiger partial charge in [0.15, 0.2) is 0 Å². The van der Waals surface area contributed by atoms with Gasteiger partial charge in [0.25, 0.3) is 0 Å². The second-order valence-electron chi connectivity index (χ2n) is 4.19. The third kappa shape index (κ3) is 4.26. The van der Waals surface area contributed by atoms with Crippen molar-refractivity contribution in [1.82, 2.24) is 15.1 Å². The first-order valence-corrected chi connectivity index (χ1v) is 6.30. The van der Waals surface area contributed by atoms with Crippen LogP contribution >= 0.6 is 0 Å². The number of rotatable bonds is 4. The standard InChI is InChI=1S/C15H16N4O/c16-7-2-6-13-4-1-5-14(10-13)11-17-15(20)12-19-9-3-8-18-19/h1,3-5,8-10H,7,11-12,16H2,(H,17,20). The Morgan fingerprint density at radius 3 is 3.05 bits per heavy atom. The smallest absolute Gasteiger partial charge is 0.241 e. The summed E-state index contributed by atoms with van der Waals surface area (Å²) in [6, 6.07) is 9.50. The minimum atomic E-state index is -0.0767. The average molecular weight is 268 g/mol. The fourth-order valence-corrected chi connectivity index (χ4v) is 1.71. The maximum atomic E-state index is 11.7. The lowest BCUT2D eigenvalue weighted by molar-refractivity contribution is -0.122. The molecule has 0 aliphatic heterocycles. The molecule has 2 aromatic rings. The second kappa shape index (κ2) is 7.12. The second-order valence-corrected chi connectivity index (χ2v) is 4.19. The minimum absolute atomic E-state index is 0.0767. The molecule has 5 nitrogen and oxygen atoms in total. The summed E-state index contributed by atoms with van der Waals surface area (Å²) < 4.78 is 1.58. The van der Waals surface area contributed by atoms with E-state index in [0.29, 0.717) is 13.1 Å². The summed E-state index contributed by atoms with van der Waals surface area (Å²) in [6.45, 7) is 1.03. The van der Waals surface area contributed by atoms with Gasteiger partial charge in [-0.1, -0.05) is 24.0 Å². The molecule has 1 aromatic heterocycles. The Morgan fingerprint density at radius 2 is 2.30 bits per heavy atom. The number of nitrogens with two attached hydrogens (primary N) is 1. The topological polar surface area (TPSA) is 72.9 Å². The fourth-order valence-electron chi connectivity index (χ4n) is 1.71. The summed E-state index contributed by atoms with van der Waals surface area (Å²) in [5, 5.41) is 6.83. The number of carbonyl (C=O) groups excluding carboxylic acids is 1. The average Bonchev–Trinajstić information content (AvgIpc) is 2.96. The van der Waals surface area contributed by atoms with Crippen molar-refractivity contribution in [3.05, 3.63) is 53.9 Å². The predicted molar refractivity (Wildman–Crippen MR) is 76.4 cm³/mol. The number of aromatic nitrogens is 2. The van der Waals surface area contributed by atoms with Gasteiger partial charge in [0, 0.05) is 24.5 Å². The van der Waals surface area contributed by atoms with Gasteiger partial charge in [0.2, 0.25) is 5.91 Å². The molecule has 102 valence electrons. The van der Waals surface area contributed by atoms with Crippen molar-refractivity contribution in [2.24, 2.45) is 5.73 Å². The van der Waals surface area contributed by atoms with Crippen LogP contribution in [0.3, 0.4) is 0 Å². The third-order valence-electron chi connectivity index (χ3n) is 2.62. The molecule has 5 heteroatoms. The molecule has 3 N–H and O–H groups in total. The van der Waals surface area contributed by atoms with Crippen LogP contribution < -0.4 is 11.1 Å². The molecule has 1 aromatic carbocycles. The normalized spacial score (nSPS) is 9.65. The molecule has 0 aliphatic rings. The molecule has 0 saturated heterocycles. The first-order chi connectivity index (χ1) is 9.78. The van der Waals surface area contributed by atoms with Crippen LogP contribution in [0.15, 0.2) is 42.7 Å². The SMILES string of the molecule is NCC#Cc1cccc(CNC(=O)Cn2cccn2)c1. The van der Waals surface area contributed by atoms with Crippen molar-refractivity contribution in [2.45, 2.75) is 13.1 Å². The van der Waals surface area contributed by atoms with Crippen molar-refractivity contribution in [2.75, 3.05) is 6.54 Å². The van der Waals surface area contributed by atoms with Gasteiger partial charge in [-0.3, -0.25) is 9.48 Å². The Labute approximate surface area is 117 Å². The van der Waals surface area contributed by atoms with Gasteiger partial charge < -0.3 is 11.1 Å². The van der Waals surface area contributed by atoms with Crippen molar-refractivity contribution in [1.29, 1.82) is 0 Å². The van der Waals surface area contributed by atoms with Crippen LogP contribution in [0.2, 0.25) is 0 Å². The molecule has 0 unspecified atom stereocenters. The van der Waals surface area contributed by atoms with E-state index in [1.54, 1.807) is 23.1 Å². The Hall–Kier alpha value is -2.58. The fraction of sp³-hybridized carbons (Fsp3) is 0.200. The lowest BCUT2D eigenvalue weighted by Gasteiger charge is -2.06. The zero-order valence-electron chi connectivity index (χ0n) is 11.0. The van der Waals surface area contributed by atoms with Crippen LogP contribution in [0, 0.1) is 11.8 Å². The maximum Gasteiger partial charge on any atom is 0.241 e. The van der Waals surface area contributed by atoms with Crippen LogP contribution in [0.25, 0.3) is 0 Å². The summed E-state index contributed by atoms with van der Waals surface area (Å²) >= 11 is 0. The molecule has 2 rings (SSSR count). The first kappa shape index (κ1) is 13.8. The third-order valence-corrected chi connectivity index (χ3v) is 2.62. The van der Waals surface area contributed by atoms with E-state index in [0.717, 1.165) is 11.1 Å². The minimum Gasteiger partial charge on any atom is -0.350 e. The zero-order valence-corrected chi connectivity index (χ0v) is 11.0. The summed E-state index contributed by atoms with van der Waals surface area (Å²) in [6.07, 6.45) is 3.40. The molecule has 1 heterocycles. The summed E-state index contributed by atoms with van der Waals surface area (Å²) in [7, 11) is 0. The highest BCUT2D eigenvalue weighted by atomic mass is 16.2. The highest BCUT2D eigenvalue weighted by molar-refractivity contribution is 5.75. The molecule has 20 heavy (non-hydrogen) atoms. The van der Waals surface area contributed by atoms with E-state index in [1.165, 1.54) is 0 Å². The monoisotopic (exact) mass is 268 g/mol. The van der Waals surface area contributed by atoms with Gasteiger partial charge in [0.1, 0.15) is 6.54 Å². The highest BCUT2D eigenvalue weighted by Gasteiger charge is 2.02. The van der Waals surface area contributed by atoms with Crippen molar-refractivity contribution < 1.29 is 4.79 Å². The number of benzene rings is 1. The van der Waals surface area contributed by atoms with E-state index < -0.39 is 0 Å². The van der Waals surface area contributed by atoms with Crippen LogP contribution in [0.5, 0.6) is 0 Å². The Balaban J connectivity index is 1.88. The Bertz CT molecular complexity index is 623. The van der Waals surface area contributed by atoms with E-state index in [2.05, 4.69) is 22.3 Å². The summed E-state index contributed by atoms with van der Waals surface area (Å²) in [5.74, 6) is 5.70. The summed E-state index contributed by atoms with van der Waals surface area (Å²) in [4.78, 5) is 11.7. The Kier molecular flexibility index (Phi) is 4.93.